The zero-order chi connectivity index (χ0) is 16.2. The van der Waals surface area contributed by atoms with Crippen LogP contribution in [0.3, 0.4) is 0 Å². The van der Waals surface area contributed by atoms with E-state index in [-0.39, 0.29) is 12.4 Å². The molecule has 25 heavy (non-hydrogen) atoms. The zero-order valence-corrected chi connectivity index (χ0v) is 15.5. The van der Waals surface area contributed by atoms with Crippen molar-refractivity contribution in [2.75, 3.05) is 39.3 Å². The van der Waals surface area contributed by atoms with Crippen molar-refractivity contribution in [1.82, 2.24) is 24.7 Å². The SMILES string of the molecule is Cl.c1ccc(Cn2ccnc2CN2CCC(N3CCNCC3)C2)cc1. The Morgan fingerprint density at radius 3 is 2.64 bits per heavy atom. The third-order valence-electron chi connectivity index (χ3n) is 5.28. The van der Waals surface area contributed by atoms with E-state index in [9.17, 15) is 0 Å². The number of halogens is 1. The first-order valence-corrected chi connectivity index (χ1v) is 9.09. The molecular weight excluding hydrogens is 334 g/mol. The van der Waals surface area contributed by atoms with Crippen LogP contribution in [0.2, 0.25) is 0 Å². The number of likely N-dealkylation sites (tertiary alicyclic amines) is 1. The van der Waals surface area contributed by atoms with Crippen LogP contribution in [0.15, 0.2) is 42.7 Å². The number of nitrogens with one attached hydrogen (secondary N) is 1. The molecule has 5 nitrogen and oxygen atoms in total. The average molecular weight is 362 g/mol. The van der Waals surface area contributed by atoms with E-state index < -0.39 is 0 Å². The molecule has 1 atom stereocenters. The minimum absolute atomic E-state index is 0. The molecule has 136 valence electrons. The molecule has 2 aromatic rings. The summed E-state index contributed by atoms with van der Waals surface area (Å²) in [7, 11) is 0. The summed E-state index contributed by atoms with van der Waals surface area (Å²) in [6, 6.07) is 11.4. The molecular formula is C19H28ClN5. The van der Waals surface area contributed by atoms with E-state index in [2.05, 4.69) is 61.2 Å². The monoisotopic (exact) mass is 361 g/mol. The molecule has 2 aliphatic rings. The fourth-order valence-electron chi connectivity index (χ4n) is 3.92. The lowest BCUT2D eigenvalue weighted by Crippen LogP contribution is -2.49. The van der Waals surface area contributed by atoms with Gasteiger partial charge < -0.3 is 9.88 Å². The smallest absolute Gasteiger partial charge is 0.123 e. The van der Waals surface area contributed by atoms with Gasteiger partial charge in [0.15, 0.2) is 0 Å². The van der Waals surface area contributed by atoms with Gasteiger partial charge in [-0.2, -0.15) is 0 Å². The summed E-state index contributed by atoms with van der Waals surface area (Å²) in [4.78, 5) is 9.84. The summed E-state index contributed by atoms with van der Waals surface area (Å²) in [6.45, 7) is 8.90. The molecule has 0 aliphatic carbocycles. The number of piperazine rings is 1. The zero-order valence-electron chi connectivity index (χ0n) is 14.7. The second kappa shape index (κ2) is 8.81. The molecule has 0 amide bonds. The van der Waals surface area contributed by atoms with E-state index in [0.29, 0.717) is 0 Å². The second-order valence-corrected chi connectivity index (χ2v) is 6.92. The molecule has 1 N–H and O–H groups in total. The largest absolute Gasteiger partial charge is 0.329 e. The lowest BCUT2D eigenvalue weighted by molar-refractivity contribution is 0.169. The Bertz CT molecular complexity index is 638. The van der Waals surface area contributed by atoms with Crippen LogP contribution in [-0.4, -0.2) is 64.7 Å². The number of hydrogen-bond acceptors (Lipinski definition) is 4. The van der Waals surface area contributed by atoms with Crippen LogP contribution < -0.4 is 5.32 Å². The lowest BCUT2D eigenvalue weighted by Gasteiger charge is -2.32. The summed E-state index contributed by atoms with van der Waals surface area (Å²) < 4.78 is 2.29. The Hall–Kier alpha value is -1.40. The maximum absolute atomic E-state index is 4.61. The maximum Gasteiger partial charge on any atom is 0.123 e. The molecule has 0 radical (unpaired) electrons. The number of nitrogens with zero attached hydrogens (tertiary/aromatic N) is 4. The molecule has 0 spiro atoms. The van der Waals surface area contributed by atoms with Gasteiger partial charge in [0.2, 0.25) is 0 Å². The first-order valence-electron chi connectivity index (χ1n) is 9.09. The fraction of sp³-hybridized carbons (Fsp3) is 0.526. The third kappa shape index (κ3) is 4.61. The Morgan fingerprint density at radius 2 is 1.84 bits per heavy atom. The predicted molar refractivity (Wildman–Crippen MR) is 103 cm³/mol. The van der Waals surface area contributed by atoms with Crippen LogP contribution in [0.4, 0.5) is 0 Å². The highest BCUT2D eigenvalue weighted by atomic mass is 35.5. The first-order chi connectivity index (χ1) is 11.9. The Balaban J connectivity index is 0.00000182. The van der Waals surface area contributed by atoms with Gasteiger partial charge in [0, 0.05) is 64.2 Å². The molecule has 6 heteroatoms. The van der Waals surface area contributed by atoms with E-state index >= 15 is 0 Å². The van der Waals surface area contributed by atoms with Crippen molar-refractivity contribution < 1.29 is 0 Å². The van der Waals surface area contributed by atoms with E-state index in [1.165, 1.54) is 44.0 Å². The summed E-state index contributed by atoms with van der Waals surface area (Å²) in [5, 5.41) is 3.45. The Labute approximate surface area is 156 Å². The summed E-state index contributed by atoms with van der Waals surface area (Å²) in [5.74, 6) is 1.18. The van der Waals surface area contributed by atoms with E-state index in [0.717, 1.165) is 32.2 Å². The molecule has 1 aromatic heterocycles. The average Bonchev–Trinajstić information content (AvgIpc) is 3.27. The van der Waals surface area contributed by atoms with Crippen molar-refractivity contribution in [1.29, 1.82) is 0 Å². The number of rotatable bonds is 5. The van der Waals surface area contributed by atoms with Crippen molar-refractivity contribution in [3.63, 3.8) is 0 Å². The molecule has 3 heterocycles. The van der Waals surface area contributed by atoms with Crippen molar-refractivity contribution in [2.45, 2.75) is 25.6 Å². The molecule has 0 saturated carbocycles. The molecule has 2 saturated heterocycles. The minimum Gasteiger partial charge on any atom is -0.329 e. The van der Waals surface area contributed by atoms with Gasteiger partial charge in [0.1, 0.15) is 5.82 Å². The summed E-state index contributed by atoms with van der Waals surface area (Å²) in [6.07, 6.45) is 5.33. The Morgan fingerprint density at radius 1 is 1.04 bits per heavy atom. The molecule has 2 fully saturated rings. The second-order valence-electron chi connectivity index (χ2n) is 6.92. The van der Waals surface area contributed by atoms with Gasteiger partial charge in [0.05, 0.1) is 6.54 Å². The highest BCUT2D eigenvalue weighted by Crippen LogP contribution is 2.18. The molecule has 0 bridgehead atoms. The van der Waals surface area contributed by atoms with Crippen LogP contribution in [0.5, 0.6) is 0 Å². The van der Waals surface area contributed by atoms with E-state index in [4.69, 9.17) is 0 Å². The third-order valence-corrected chi connectivity index (χ3v) is 5.28. The van der Waals surface area contributed by atoms with Gasteiger partial charge >= 0.3 is 0 Å². The van der Waals surface area contributed by atoms with Gasteiger partial charge in [-0.05, 0) is 12.0 Å². The number of aromatic nitrogens is 2. The topological polar surface area (TPSA) is 36.3 Å². The van der Waals surface area contributed by atoms with E-state index in [1.54, 1.807) is 0 Å². The molecule has 1 aromatic carbocycles. The van der Waals surface area contributed by atoms with Crippen molar-refractivity contribution in [3.8, 4) is 0 Å². The highest BCUT2D eigenvalue weighted by Gasteiger charge is 2.28. The lowest BCUT2D eigenvalue weighted by atomic mass is 10.2. The van der Waals surface area contributed by atoms with E-state index in [1.807, 2.05) is 6.20 Å². The molecule has 1 unspecified atom stereocenters. The minimum atomic E-state index is 0. The van der Waals surface area contributed by atoms with Gasteiger partial charge in [0.25, 0.3) is 0 Å². The maximum atomic E-state index is 4.61. The van der Waals surface area contributed by atoms with Crippen LogP contribution in [-0.2, 0) is 13.1 Å². The van der Waals surface area contributed by atoms with Gasteiger partial charge in [-0.25, -0.2) is 4.98 Å². The summed E-state index contributed by atoms with van der Waals surface area (Å²) >= 11 is 0. The first kappa shape index (κ1) is 18.4. The number of benzene rings is 1. The summed E-state index contributed by atoms with van der Waals surface area (Å²) in [5.41, 5.74) is 1.33. The number of hydrogen-bond donors (Lipinski definition) is 1. The fourth-order valence-corrected chi connectivity index (χ4v) is 3.92. The molecule has 4 rings (SSSR count). The van der Waals surface area contributed by atoms with Crippen LogP contribution in [0, 0.1) is 0 Å². The van der Waals surface area contributed by atoms with Gasteiger partial charge in [-0.3, -0.25) is 9.80 Å². The van der Waals surface area contributed by atoms with Gasteiger partial charge in [-0.15, -0.1) is 12.4 Å². The van der Waals surface area contributed by atoms with Crippen molar-refractivity contribution in [3.05, 3.63) is 54.1 Å². The van der Waals surface area contributed by atoms with Crippen molar-refractivity contribution in [2.24, 2.45) is 0 Å². The quantitative estimate of drug-likeness (QED) is 0.881. The standard InChI is InChI=1S/C19H27N5.ClH/c1-2-4-17(5-3-1)14-24-13-9-21-19(24)16-22-10-6-18(15-22)23-11-7-20-8-12-23;/h1-5,9,13,18,20H,6-8,10-12,14-16H2;1H. The highest BCUT2D eigenvalue weighted by molar-refractivity contribution is 5.85. The van der Waals surface area contributed by atoms with Crippen LogP contribution >= 0.6 is 12.4 Å². The van der Waals surface area contributed by atoms with Gasteiger partial charge in [-0.1, -0.05) is 30.3 Å². The predicted octanol–water partition coefficient (Wildman–Crippen LogP) is 1.83. The van der Waals surface area contributed by atoms with Crippen LogP contribution in [0.25, 0.3) is 0 Å². The van der Waals surface area contributed by atoms with Crippen LogP contribution in [0.1, 0.15) is 17.8 Å². The Kier molecular flexibility index (Phi) is 6.48. The molecule has 2 aliphatic heterocycles. The van der Waals surface area contributed by atoms with Crippen molar-refractivity contribution >= 4 is 12.4 Å². The number of imidazole rings is 1. The normalized spacial score (nSPS) is 22.0.